The number of methoxy groups -OCH3 is 1. The van der Waals surface area contributed by atoms with Crippen molar-refractivity contribution in [2.24, 2.45) is 0 Å². The summed E-state index contributed by atoms with van der Waals surface area (Å²) in [7, 11) is 1.53. The highest BCUT2D eigenvalue weighted by molar-refractivity contribution is 5.47. The van der Waals surface area contributed by atoms with E-state index in [0.29, 0.717) is 36.0 Å². The predicted octanol–water partition coefficient (Wildman–Crippen LogP) is 3.44. The van der Waals surface area contributed by atoms with Gasteiger partial charge in [0, 0.05) is 49.4 Å². The highest BCUT2D eigenvalue weighted by Gasteiger charge is 2.20. The summed E-state index contributed by atoms with van der Waals surface area (Å²) in [6.45, 7) is 2.08. The van der Waals surface area contributed by atoms with Gasteiger partial charge in [0.15, 0.2) is 11.6 Å². The van der Waals surface area contributed by atoms with E-state index in [-0.39, 0.29) is 5.82 Å². The van der Waals surface area contributed by atoms with Gasteiger partial charge in [-0.3, -0.25) is 4.90 Å². The molecule has 3 heterocycles. The predicted molar refractivity (Wildman–Crippen MR) is 90.5 cm³/mol. The number of fused-ring (bicyclic) bond motifs is 1. The van der Waals surface area contributed by atoms with Crippen LogP contribution in [0.5, 0.6) is 5.75 Å². The van der Waals surface area contributed by atoms with Crippen LogP contribution in [-0.2, 0) is 19.5 Å². The molecule has 0 bridgehead atoms. The summed E-state index contributed by atoms with van der Waals surface area (Å²) in [4.78, 5) is 11.2. The maximum absolute atomic E-state index is 14.2. The molecule has 0 unspecified atom stereocenters. The second-order valence-electron chi connectivity index (χ2n) is 6.06. The summed E-state index contributed by atoms with van der Waals surface area (Å²) in [5, 5.41) is 0. The van der Waals surface area contributed by atoms with Crippen molar-refractivity contribution in [3.63, 3.8) is 0 Å². The lowest BCUT2D eigenvalue weighted by Gasteiger charge is -2.28. The standard InChI is InChI=1S/C19H18FN3O2/c1-24-15-5-4-13(16(20)9-15)11-23-7-6-17-14(12-23)10-21-19(22-17)18-3-2-8-25-18/h2-5,8-10H,6-7,11-12H2,1H3. The average molecular weight is 339 g/mol. The van der Waals surface area contributed by atoms with Crippen molar-refractivity contribution in [1.82, 2.24) is 14.9 Å². The van der Waals surface area contributed by atoms with Gasteiger partial charge in [-0.2, -0.15) is 0 Å². The van der Waals surface area contributed by atoms with Crippen molar-refractivity contribution < 1.29 is 13.5 Å². The Morgan fingerprint density at radius 1 is 1.32 bits per heavy atom. The molecule has 1 aliphatic heterocycles. The molecule has 6 heteroatoms. The number of aromatic nitrogens is 2. The highest BCUT2D eigenvalue weighted by Crippen LogP contribution is 2.24. The van der Waals surface area contributed by atoms with Crippen molar-refractivity contribution >= 4 is 0 Å². The van der Waals surface area contributed by atoms with Gasteiger partial charge >= 0.3 is 0 Å². The number of hydrogen-bond donors (Lipinski definition) is 0. The first-order valence-corrected chi connectivity index (χ1v) is 8.16. The van der Waals surface area contributed by atoms with Crippen LogP contribution in [0.25, 0.3) is 11.6 Å². The van der Waals surface area contributed by atoms with Crippen LogP contribution in [0.3, 0.4) is 0 Å². The SMILES string of the molecule is COc1ccc(CN2CCc3nc(-c4ccco4)ncc3C2)c(F)c1. The van der Waals surface area contributed by atoms with Crippen LogP contribution in [0.15, 0.2) is 47.2 Å². The second kappa shape index (κ2) is 6.64. The zero-order chi connectivity index (χ0) is 17.2. The number of nitrogens with zero attached hydrogens (tertiary/aromatic N) is 3. The van der Waals surface area contributed by atoms with E-state index in [4.69, 9.17) is 9.15 Å². The minimum Gasteiger partial charge on any atom is -0.497 e. The van der Waals surface area contributed by atoms with Crippen LogP contribution in [0.1, 0.15) is 16.8 Å². The molecular formula is C19H18FN3O2. The summed E-state index contributed by atoms with van der Waals surface area (Å²) < 4.78 is 24.6. The molecule has 0 amide bonds. The van der Waals surface area contributed by atoms with Gasteiger partial charge in [-0.1, -0.05) is 6.07 Å². The summed E-state index contributed by atoms with van der Waals surface area (Å²) in [6.07, 6.45) is 4.27. The molecule has 0 saturated carbocycles. The van der Waals surface area contributed by atoms with Gasteiger partial charge < -0.3 is 9.15 Å². The van der Waals surface area contributed by atoms with Gasteiger partial charge in [0.2, 0.25) is 0 Å². The van der Waals surface area contributed by atoms with E-state index >= 15 is 0 Å². The fraction of sp³-hybridized carbons (Fsp3) is 0.263. The van der Waals surface area contributed by atoms with Crippen LogP contribution < -0.4 is 4.74 Å². The molecule has 0 saturated heterocycles. The van der Waals surface area contributed by atoms with Gasteiger partial charge in [0.25, 0.3) is 0 Å². The molecule has 0 atom stereocenters. The maximum Gasteiger partial charge on any atom is 0.195 e. The molecule has 25 heavy (non-hydrogen) atoms. The third-order valence-electron chi connectivity index (χ3n) is 4.41. The Hall–Kier alpha value is -2.73. The monoisotopic (exact) mass is 339 g/mol. The van der Waals surface area contributed by atoms with E-state index in [1.54, 1.807) is 18.4 Å². The molecule has 128 valence electrons. The number of halogens is 1. The normalized spacial score (nSPS) is 14.3. The van der Waals surface area contributed by atoms with Crippen molar-refractivity contribution in [1.29, 1.82) is 0 Å². The summed E-state index contributed by atoms with van der Waals surface area (Å²) in [5.74, 6) is 1.57. The van der Waals surface area contributed by atoms with E-state index < -0.39 is 0 Å². The molecule has 1 aromatic carbocycles. The summed E-state index contributed by atoms with van der Waals surface area (Å²) in [5.41, 5.74) is 2.78. The molecule has 5 nitrogen and oxygen atoms in total. The molecule has 3 aromatic rings. The van der Waals surface area contributed by atoms with Gasteiger partial charge in [-0.05, 0) is 18.2 Å². The van der Waals surface area contributed by atoms with Crippen molar-refractivity contribution in [2.45, 2.75) is 19.5 Å². The maximum atomic E-state index is 14.2. The van der Waals surface area contributed by atoms with E-state index in [0.717, 1.165) is 24.2 Å². The van der Waals surface area contributed by atoms with E-state index in [2.05, 4.69) is 14.9 Å². The van der Waals surface area contributed by atoms with Crippen LogP contribution in [0, 0.1) is 5.82 Å². The molecule has 4 rings (SSSR count). The number of rotatable bonds is 4. The van der Waals surface area contributed by atoms with Gasteiger partial charge in [0.05, 0.1) is 19.1 Å². The lowest BCUT2D eigenvalue weighted by atomic mass is 10.1. The zero-order valence-electron chi connectivity index (χ0n) is 13.9. The molecule has 0 radical (unpaired) electrons. The van der Waals surface area contributed by atoms with E-state index in [1.165, 1.54) is 13.2 Å². The Bertz CT molecular complexity index is 880. The highest BCUT2D eigenvalue weighted by atomic mass is 19.1. The quantitative estimate of drug-likeness (QED) is 0.729. The fourth-order valence-corrected chi connectivity index (χ4v) is 3.06. The summed E-state index contributed by atoms with van der Waals surface area (Å²) >= 11 is 0. The minimum atomic E-state index is -0.241. The lowest BCUT2D eigenvalue weighted by molar-refractivity contribution is 0.239. The second-order valence-corrected chi connectivity index (χ2v) is 6.06. The van der Waals surface area contributed by atoms with Gasteiger partial charge in [-0.15, -0.1) is 0 Å². The smallest absolute Gasteiger partial charge is 0.195 e. The average Bonchev–Trinajstić information content (AvgIpc) is 3.17. The van der Waals surface area contributed by atoms with E-state index in [1.807, 2.05) is 18.3 Å². The van der Waals surface area contributed by atoms with Crippen molar-refractivity contribution in [3.8, 4) is 17.3 Å². The molecule has 0 N–H and O–H groups in total. The first-order valence-electron chi connectivity index (χ1n) is 8.16. The van der Waals surface area contributed by atoms with Gasteiger partial charge in [-0.25, -0.2) is 14.4 Å². The number of benzene rings is 1. The van der Waals surface area contributed by atoms with Crippen LogP contribution in [-0.4, -0.2) is 28.5 Å². The van der Waals surface area contributed by atoms with Crippen LogP contribution in [0.4, 0.5) is 4.39 Å². The number of hydrogen-bond acceptors (Lipinski definition) is 5. The third-order valence-corrected chi connectivity index (χ3v) is 4.41. The minimum absolute atomic E-state index is 0.241. The topological polar surface area (TPSA) is 51.4 Å². The number of furan rings is 1. The first kappa shape index (κ1) is 15.8. The summed E-state index contributed by atoms with van der Waals surface area (Å²) in [6, 6.07) is 8.66. The number of ether oxygens (including phenoxy) is 1. The first-order chi connectivity index (χ1) is 12.2. The Balaban J connectivity index is 1.50. The molecule has 0 fully saturated rings. The van der Waals surface area contributed by atoms with Crippen LogP contribution in [0.2, 0.25) is 0 Å². The lowest BCUT2D eigenvalue weighted by Crippen LogP contribution is -2.31. The fourth-order valence-electron chi connectivity index (χ4n) is 3.06. The Morgan fingerprint density at radius 3 is 3.00 bits per heavy atom. The van der Waals surface area contributed by atoms with Crippen molar-refractivity contribution in [2.75, 3.05) is 13.7 Å². The Morgan fingerprint density at radius 2 is 2.24 bits per heavy atom. The Kier molecular flexibility index (Phi) is 4.19. The molecule has 2 aromatic heterocycles. The molecule has 0 spiro atoms. The third kappa shape index (κ3) is 3.25. The molecule has 0 aliphatic carbocycles. The molecular weight excluding hydrogens is 321 g/mol. The van der Waals surface area contributed by atoms with Crippen molar-refractivity contribution in [3.05, 3.63) is 65.4 Å². The Labute approximate surface area is 145 Å². The van der Waals surface area contributed by atoms with E-state index in [9.17, 15) is 4.39 Å². The van der Waals surface area contributed by atoms with Gasteiger partial charge in [0.1, 0.15) is 11.6 Å². The zero-order valence-corrected chi connectivity index (χ0v) is 13.9. The molecule has 1 aliphatic rings. The largest absolute Gasteiger partial charge is 0.497 e. The van der Waals surface area contributed by atoms with Crippen LogP contribution >= 0.6 is 0 Å².